The third-order valence-corrected chi connectivity index (χ3v) is 3.45. The van der Waals surface area contributed by atoms with Crippen LogP contribution >= 0.6 is 0 Å². The highest BCUT2D eigenvalue weighted by Gasteiger charge is 2.22. The lowest BCUT2D eigenvalue weighted by Crippen LogP contribution is -2.28. The Morgan fingerprint density at radius 3 is 2.90 bits per heavy atom. The summed E-state index contributed by atoms with van der Waals surface area (Å²) in [6.45, 7) is 1.07. The van der Waals surface area contributed by atoms with Crippen molar-refractivity contribution in [1.29, 1.82) is 0 Å². The molecule has 0 bridgehead atoms. The van der Waals surface area contributed by atoms with Gasteiger partial charge in [0.05, 0.1) is 12.7 Å². The van der Waals surface area contributed by atoms with Crippen LogP contribution in [0, 0.1) is 0 Å². The first-order chi connectivity index (χ1) is 9.74. The molecule has 0 aromatic heterocycles. The molecular weight excluding hydrogens is 256 g/mol. The van der Waals surface area contributed by atoms with E-state index < -0.39 is 6.10 Å². The number of hydrogen-bond acceptors (Lipinski definition) is 4. The number of benzene rings is 1. The number of rotatable bonds is 7. The summed E-state index contributed by atoms with van der Waals surface area (Å²) in [5.41, 5.74) is 1.13. The number of aliphatic hydroxyl groups is 1. The van der Waals surface area contributed by atoms with Gasteiger partial charge in [-0.2, -0.15) is 0 Å². The van der Waals surface area contributed by atoms with Crippen molar-refractivity contribution in [1.82, 2.24) is 0 Å². The van der Waals surface area contributed by atoms with E-state index >= 15 is 0 Å². The molecule has 2 atom stereocenters. The molecule has 0 amide bonds. The molecular formula is C16H22O4. The van der Waals surface area contributed by atoms with Gasteiger partial charge in [0, 0.05) is 19.4 Å². The molecule has 1 saturated heterocycles. The Hall–Kier alpha value is -1.39. The molecule has 2 rings (SSSR count). The maximum atomic E-state index is 11.1. The Bertz CT molecular complexity index is 404. The molecule has 4 heteroatoms. The molecule has 20 heavy (non-hydrogen) atoms. The van der Waals surface area contributed by atoms with Gasteiger partial charge in [0.2, 0.25) is 0 Å². The SMILES string of the molecule is O=C1CCC[C@@H](C[C@@H](O)CCOCc2ccccc2)O1. The Kier molecular flexibility index (Phi) is 6.02. The molecule has 0 saturated carbocycles. The number of ether oxygens (including phenoxy) is 2. The molecule has 1 heterocycles. The van der Waals surface area contributed by atoms with Crippen molar-refractivity contribution in [2.24, 2.45) is 0 Å². The second kappa shape index (κ2) is 8.02. The first-order valence-electron chi connectivity index (χ1n) is 7.23. The number of carbonyl (C=O) groups excluding carboxylic acids is 1. The van der Waals surface area contributed by atoms with Crippen molar-refractivity contribution in [2.45, 2.75) is 50.9 Å². The Balaban J connectivity index is 1.58. The van der Waals surface area contributed by atoms with Crippen LogP contribution < -0.4 is 0 Å². The molecule has 1 aromatic carbocycles. The van der Waals surface area contributed by atoms with Gasteiger partial charge in [-0.3, -0.25) is 4.79 Å². The highest BCUT2D eigenvalue weighted by atomic mass is 16.5. The van der Waals surface area contributed by atoms with Crippen molar-refractivity contribution in [2.75, 3.05) is 6.61 Å². The maximum Gasteiger partial charge on any atom is 0.306 e. The average molecular weight is 278 g/mol. The highest BCUT2D eigenvalue weighted by Crippen LogP contribution is 2.19. The summed E-state index contributed by atoms with van der Waals surface area (Å²) < 4.78 is 10.7. The van der Waals surface area contributed by atoms with Crippen molar-refractivity contribution >= 4 is 5.97 Å². The average Bonchev–Trinajstić information content (AvgIpc) is 2.45. The fraction of sp³-hybridized carbons (Fsp3) is 0.562. The summed E-state index contributed by atoms with van der Waals surface area (Å²) in [7, 11) is 0. The van der Waals surface area contributed by atoms with Crippen molar-refractivity contribution < 1.29 is 19.4 Å². The van der Waals surface area contributed by atoms with Crippen LogP contribution in [-0.4, -0.2) is 29.9 Å². The van der Waals surface area contributed by atoms with E-state index in [-0.39, 0.29) is 12.1 Å². The van der Waals surface area contributed by atoms with Crippen LogP contribution in [0.5, 0.6) is 0 Å². The number of carbonyl (C=O) groups is 1. The van der Waals surface area contributed by atoms with E-state index in [0.717, 1.165) is 18.4 Å². The highest BCUT2D eigenvalue weighted by molar-refractivity contribution is 5.70. The molecule has 0 aliphatic carbocycles. The van der Waals surface area contributed by atoms with Gasteiger partial charge < -0.3 is 14.6 Å². The molecule has 1 fully saturated rings. The van der Waals surface area contributed by atoms with E-state index in [2.05, 4.69) is 0 Å². The topological polar surface area (TPSA) is 55.8 Å². The molecule has 0 radical (unpaired) electrons. The van der Waals surface area contributed by atoms with Gasteiger partial charge >= 0.3 is 5.97 Å². The van der Waals surface area contributed by atoms with E-state index in [9.17, 15) is 9.90 Å². The molecule has 1 aliphatic heterocycles. The van der Waals surface area contributed by atoms with Crippen LogP contribution in [0.2, 0.25) is 0 Å². The first kappa shape index (κ1) is 15.0. The van der Waals surface area contributed by atoms with Crippen LogP contribution in [-0.2, 0) is 20.9 Å². The smallest absolute Gasteiger partial charge is 0.306 e. The molecule has 0 unspecified atom stereocenters. The van der Waals surface area contributed by atoms with Gasteiger partial charge in [-0.25, -0.2) is 0 Å². The minimum absolute atomic E-state index is 0.125. The number of hydrogen-bond donors (Lipinski definition) is 1. The standard InChI is InChI=1S/C16H22O4/c17-14(11-15-7-4-8-16(18)20-15)9-10-19-12-13-5-2-1-3-6-13/h1-3,5-6,14-15,17H,4,7-12H2/t14-,15-/m0/s1. The van der Waals surface area contributed by atoms with Crippen molar-refractivity contribution in [3.05, 3.63) is 35.9 Å². The molecule has 110 valence electrons. The first-order valence-corrected chi connectivity index (χ1v) is 7.23. The number of cyclic esters (lactones) is 1. The normalized spacial score (nSPS) is 20.4. The van der Waals surface area contributed by atoms with Gasteiger partial charge in [-0.05, 0) is 24.8 Å². The lowest BCUT2D eigenvalue weighted by molar-refractivity contribution is -0.155. The maximum absolute atomic E-state index is 11.1. The largest absolute Gasteiger partial charge is 0.462 e. The molecule has 4 nitrogen and oxygen atoms in total. The zero-order chi connectivity index (χ0) is 14.2. The molecule has 0 spiro atoms. The second-order valence-corrected chi connectivity index (χ2v) is 5.22. The molecule has 1 N–H and O–H groups in total. The predicted molar refractivity (Wildman–Crippen MR) is 75.1 cm³/mol. The van der Waals surface area contributed by atoms with Gasteiger partial charge in [-0.15, -0.1) is 0 Å². The van der Waals surface area contributed by atoms with E-state index in [1.165, 1.54) is 0 Å². The van der Waals surface area contributed by atoms with Crippen molar-refractivity contribution in [3.63, 3.8) is 0 Å². The quantitative estimate of drug-likeness (QED) is 0.615. The van der Waals surface area contributed by atoms with Crippen molar-refractivity contribution in [3.8, 4) is 0 Å². The Morgan fingerprint density at radius 2 is 2.15 bits per heavy atom. The van der Waals surface area contributed by atoms with Crippen LogP contribution in [0.1, 0.15) is 37.7 Å². The van der Waals surface area contributed by atoms with Crippen LogP contribution in [0.15, 0.2) is 30.3 Å². The fourth-order valence-electron chi connectivity index (χ4n) is 2.35. The summed E-state index contributed by atoms with van der Waals surface area (Å²) in [5, 5.41) is 9.91. The summed E-state index contributed by atoms with van der Waals surface area (Å²) in [6, 6.07) is 9.95. The van der Waals surface area contributed by atoms with E-state index in [4.69, 9.17) is 9.47 Å². The zero-order valence-electron chi connectivity index (χ0n) is 11.7. The van der Waals surface area contributed by atoms with Crippen LogP contribution in [0.3, 0.4) is 0 Å². The van der Waals surface area contributed by atoms with Gasteiger partial charge in [0.1, 0.15) is 6.10 Å². The number of aliphatic hydroxyl groups excluding tert-OH is 1. The molecule has 1 aromatic rings. The van der Waals surface area contributed by atoms with E-state index in [1.807, 2.05) is 30.3 Å². The monoisotopic (exact) mass is 278 g/mol. The lowest BCUT2D eigenvalue weighted by Gasteiger charge is -2.24. The minimum atomic E-state index is -0.471. The Labute approximate surface area is 119 Å². The third kappa shape index (κ3) is 5.31. The summed E-state index contributed by atoms with van der Waals surface area (Å²) >= 11 is 0. The zero-order valence-corrected chi connectivity index (χ0v) is 11.7. The molecule has 1 aliphatic rings. The van der Waals surface area contributed by atoms with E-state index in [1.54, 1.807) is 0 Å². The van der Waals surface area contributed by atoms with Gasteiger partial charge in [-0.1, -0.05) is 30.3 Å². The van der Waals surface area contributed by atoms with Gasteiger partial charge in [0.15, 0.2) is 0 Å². The minimum Gasteiger partial charge on any atom is -0.462 e. The summed E-state index contributed by atoms with van der Waals surface area (Å²) in [6.07, 6.45) is 2.71. The predicted octanol–water partition coefficient (Wildman–Crippen LogP) is 2.44. The lowest BCUT2D eigenvalue weighted by atomic mass is 10.0. The van der Waals surface area contributed by atoms with E-state index in [0.29, 0.717) is 32.5 Å². The second-order valence-electron chi connectivity index (χ2n) is 5.22. The van der Waals surface area contributed by atoms with Crippen LogP contribution in [0.4, 0.5) is 0 Å². The third-order valence-electron chi connectivity index (χ3n) is 3.45. The summed E-state index contributed by atoms with van der Waals surface area (Å²) in [5.74, 6) is -0.145. The number of esters is 1. The van der Waals surface area contributed by atoms with Crippen LogP contribution in [0.25, 0.3) is 0 Å². The Morgan fingerprint density at radius 1 is 1.35 bits per heavy atom. The van der Waals surface area contributed by atoms with Gasteiger partial charge in [0.25, 0.3) is 0 Å². The summed E-state index contributed by atoms with van der Waals surface area (Å²) in [4.78, 5) is 11.1. The fourth-order valence-corrected chi connectivity index (χ4v) is 2.35.